The zero-order valence-electron chi connectivity index (χ0n) is 32.3. The van der Waals surface area contributed by atoms with Crippen molar-refractivity contribution in [3.05, 3.63) is 166 Å². The van der Waals surface area contributed by atoms with Crippen LogP contribution in [0.3, 0.4) is 0 Å². The fourth-order valence-corrected chi connectivity index (χ4v) is 6.32. The van der Waals surface area contributed by atoms with Crippen LogP contribution in [0.25, 0.3) is 0 Å². The summed E-state index contributed by atoms with van der Waals surface area (Å²) in [6.07, 6.45) is 3.34. The molecule has 0 aliphatic heterocycles. The van der Waals surface area contributed by atoms with Gasteiger partial charge >= 0.3 is 6.09 Å². The molecule has 0 fully saturated rings. The molecule has 1 aromatic heterocycles. The first-order chi connectivity index (χ1) is 27.4. The van der Waals surface area contributed by atoms with Crippen molar-refractivity contribution in [2.75, 3.05) is 19.8 Å². The van der Waals surface area contributed by atoms with Gasteiger partial charge < -0.3 is 34.8 Å². The second kappa shape index (κ2) is 19.8. The molecule has 14 nitrogen and oxygen atoms in total. The largest absolute Gasteiger partial charge is 0.494 e. The molecule has 0 aliphatic rings. The van der Waals surface area contributed by atoms with Crippen LogP contribution in [-0.4, -0.2) is 63.9 Å². The fraction of sp³-hybridized carbons (Fsp3) is 0.302. The van der Waals surface area contributed by atoms with Gasteiger partial charge in [-0.3, -0.25) is 9.59 Å². The lowest BCUT2D eigenvalue weighted by Crippen LogP contribution is -2.48. The highest BCUT2D eigenvalue weighted by Gasteiger charge is 2.38. The van der Waals surface area contributed by atoms with Crippen LogP contribution >= 0.6 is 0 Å². The van der Waals surface area contributed by atoms with Crippen molar-refractivity contribution in [3.63, 3.8) is 0 Å². The molecule has 5 rings (SSSR count). The molecule has 4 aromatic carbocycles. The molecule has 3 amide bonds. The lowest BCUT2D eigenvalue weighted by molar-refractivity contribution is -0.757. The summed E-state index contributed by atoms with van der Waals surface area (Å²) in [4.78, 5) is 58.7. The molecule has 0 aliphatic carbocycles. The van der Waals surface area contributed by atoms with Crippen LogP contribution in [-0.2, 0) is 37.7 Å². The number of alkyl carbamates (subject to hydrolysis) is 1. The van der Waals surface area contributed by atoms with Crippen molar-refractivity contribution in [3.8, 4) is 5.75 Å². The maximum Gasteiger partial charge on any atom is 0.407 e. The summed E-state index contributed by atoms with van der Waals surface area (Å²) in [7, 11) is 0. The number of amides is 3. The van der Waals surface area contributed by atoms with Crippen molar-refractivity contribution in [1.29, 1.82) is 0 Å². The molecule has 1 atom stereocenters. The van der Waals surface area contributed by atoms with Crippen molar-refractivity contribution >= 4 is 17.9 Å². The summed E-state index contributed by atoms with van der Waals surface area (Å²) in [6.45, 7) is 5.58. The lowest BCUT2D eigenvalue weighted by atomic mass is 9.77. The molecule has 0 saturated heterocycles. The molecule has 57 heavy (non-hydrogen) atoms. The van der Waals surface area contributed by atoms with Crippen LogP contribution in [0.2, 0.25) is 0 Å². The van der Waals surface area contributed by atoms with E-state index in [0.717, 1.165) is 22.3 Å². The monoisotopic (exact) mass is 776 g/mol. The van der Waals surface area contributed by atoms with Gasteiger partial charge in [-0.2, -0.15) is 0 Å². The number of imidazole rings is 1. The van der Waals surface area contributed by atoms with E-state index in [4.69, 9.17) is 14.5 Å². The van der Waals surface area contributed by atoms with E-state index in [1.54, 1.807) is 51.4 Å². The van der Waals surface area contributed by atoms with Crippen molar-refractivity contribution < 1.29 is 33.8 Å². The summed E-state index contributed by atoms with van der Waals surface area (Å²) >= 11 is 0. The third kappa shape index (κ3) is 11.9. The number of aromatic nitrogens is 2. The number of hydrogen-bond donors (Lipinski definition) is 3. The molecule has 298 valence electrons. The minimum absolute atomic E-state index is 0.00856. The Labute approximate surface area is 331 Å². The average molecular weight is 777 g/mol. The molecule has 5 aromatic rings. The van der Waals surface area contributed by atoms with Crippen LogP contribution in [0.4, 0.5) is 4.79 Å². The summed E-state index contributed by atoms with van der Waals surface area (Å²) < 4.78 is 12.9. The number of carbonyl (C=O) groups excluding carboxylic acids is 3. The van der Waals surface area contributed by atoms with E-state index in [0.29, 0.717) is 17.9 Å². The van der Waals surface area contributed by atoms with Crippen molar-refractivity contribution in [1.82, 2.24) is 25.5 Å². The summed E-state index contributed by atoms with van der Waals surface area (Å²) in [5.41, 5.74) is 2.86. The Balaban J connectivity index is 1.36. The van der Waals surface area contributed by atoms with Gasteiger partial charge in [-0.05, 0) is 55.2 Å². The second-order valence-electron chi connectivity index (χ2n) is 14.2. The van der Waals surface area contributed by atoms with Gasteiger partial charge in [-0.1, -0.05) is 103 Å². The van der Waals surface area contributed by atoms with Gasteiger partial charge in [0.1, 0.15) is 22.9 Å². The quantitative estimate of drug-likeness (QED) is 0.0396. The van der Waals surface area contributed by atoms with E-state index >= 15 is 0 Å². The van der Waals surface area contributed by atoms with E-state index < -0.39 is 40.2 Å². The van der Waals surface area contributed by atoms with Gasteiger partial charge in [0.25, 0.3) is 5.09 Å². The Bertz CT molecular complexity index is 1960. The fourth-order valence-electron chi connectivity index (χ4n) is 6.32. The molecule has 0 unspecified atom stereocenters. The highest BCUT2D eigenvalue weighted by molar-refractivity contribution is 5.88. The minimum Gasteiger partial charge on any atom is -0.494 e. The first kappa shape index (κ1) is 41.5. The third-order valence-corrected chi connectivity index (χ3v) is 8.83. The molecule has 3 N–H and O–H groups in total. The van der Waals surface area contributed by atoms with Crippen LogP contribution in [0.1, 0.15) is 61.6 Å². The number of rotatable bonds is 19. The van der Waals surface area contributed by atoms with E-state index in [-0.39, 0.29) is 39.1 Å². The predicted octanol–water partition coefficient (Wildman–Crippen LogP) is 5.96. The Kier molecular flexibility index (Phi) is 14.4. The maximum absolute atomic E-state index is 13.8. The molecule has 0 bridgehead atoms. The normalized spacial score (nSPS) is 11.8. The predicted molar refractivity (Wildman–Crippen MR) is 213 cm³/mol. The first-order valence-corrected chi connectivity index (χ1v) is 18.7. The van der Waals surface area contributed by atoms with Gasteiger partial charge in [0.2, 0.25) is 11.8 Å². The molecular weight excluding hydrogens is 729 g/mol. The van der Waals surface area contributed by atoms with Crippen LogP contribution in [0.5, 0.6) is 5.75 Å². The van der Waals surface area contributed by atoms with Gasteiger partial charge in [-0.15, -0.1) is 10.1 Å². The molecule has 0 saturated carbocycles. The third-order valence-electron chi connectivity index (χ3n) is 8.83. The average Bonchev–Trinajstić information content (AvgIpc) is 3.66. The Morgan fingerprint density at radius 3 is 1.93 bits per heavy atom. The smallest absolute Gasteiger partial charge is 0.407 e. The molecule has 0 spiro atoms. The summed E-state index contributed by atoms with van der Waals surface area (Å²) in [5, 5.41) is 17.8. The summed E-state index contributed by atoms with van der Waals surface area (Å²) in [6, 6.07) is 36.4. The standard InChI is InChI=1S/C43H48N6O8/c1-42(2,3)57-41(52)44-25-24-39(50)47-38(40(51)45-29-32-20-22-37(23-21-32)55-26-13-27-56-49(53)54)28-36-30-48(31-46-36)43(33-14-7-4-8-15-33,34-16-9-5-10-17-34)35-18-11-6-12-19-35/h4-12,14-23,30-31,38H,13,24-29H2,1-3H3,(H,44,52)(H,45,51)(H,47,50)/t38-/m0/s1. The maximum atomic E-state index is 13.8. The molecule has 14 heteroatoms. The number of ether oxygens (including phenoxy) is 2. The minimum atomic E-state index is -1.01. The Morgan fingerprint density at radius 2 is 1.39 bits per heavy atom. The molecular formula is C43H48N6O8. The van der Waals surface area contributed by atoms with Gasteiger partial charge in [0.05, 0.1) is 25.2 Å². The number of nitrogens with one attached hydrogen (secondary N) is 3. The van der Waals surface area contributed by atoms with Crippen LogP contribution in [0.15, 0.2) is 128 Å². The van der Waals surface area contributed by atoms with Crippen molar-refractivity contribution in [2.45, 2.75) is 63.8 Å². The first-order valence-electron chi connectivity index (χ1n) is 18.7. The molecule has 1 heterocycles. The highest BCUT2D eigenvalue weighted by Crippen LogP contribution is 2.40. The van der Waals surface area contributed by atoms with Gasteiger partial charge in [0.15, 0.2) is 0 Å². The number of carbonyl (C=O) groups is 3. The number of nitrogens with zero attached hydrogens (tertiary/aromatic N) is 3. The van der Waals surface area contributed by atoms with Crippen LogP contribution in [0, 0.1) is 10.1 Å². The topological polar surface area (TPSA) is 176 Å². The zero-order valence-corrected chi connectivity index (χ0v) is 32.3. The Morgan fingerprint density at radius 1 is 0.807 bits per heavy atom. The van der Waals surface area contributed by atoms with E-state index in [2.05, 4.69) is 57.2 Å². The van der Waals surface area contributed by atoms with E-state index in [1.807, 2.05) is 65.4 Å². The number of hydrogen-bond acceptors (Lipinski definition) is 9. The van der Waals surface area contributed by atoms with Crippen LogP contribution < -0.4 is 20.7 Å². The molecule has 0 radical (unpaired) electrons. The van der Waals surface area contributed by atoms with Gasteiger partial charge in [-0.25, -0.2) is 9.78 Å². The summed E-state index contributed by atoms with van der Waals surface area (Å²) in [5.74, 6) is -0.308. The van der Waals surface area contributed by atoms with E-state index in [1.165, 1.54) is 0 Å². The van der Waals surface area contributed by atoms with E-state index in [9.17, 15) is 24.5 Å². The Hall–Kier alpha value is -6.70. The highest BCUT2D eigenvalue weighted by atomic mass is 16.9. The van der Waals surface area contributed by atoms with Crippen molar-refractivity contribution in [2.24, 2.45) is 0 Å². The zero-order chi connectivity index (χ0) is 40.7. The second-order valence-corrected chi connectivity index (χ2v) is 14.2. The number of benzene rings is 4. The van der Waals surface area contributed by atoms with Gasteiger partial charge in [0, 0.05) is 38.5 Å². The lowest BCUT2D eigenvalue weighted by Gasteiger charge is -2.37. The SMILES string of the molecule is CC(C)(C)OC(=O)NCCC(=O)N[C@@H](Cc1cn(C(c2ccccc2)(c2ccccc2)c2ccccc2)cn1)C(=O)NCc1ccc(OCCCO[N+](=O)[O-])cc1.